The van der Waals surface area contributed by atoms with Gasteiger partial charge >= 0.3 is 18.0 Å². The van der Waals surface area contributed by atoms with Crippen molar-refractivity contribution in [3.8, 4) is 17.4 Å². The topological polar surface area (TPSA) is 83.7 Å². The number of carbonyl (C=O) groups is 1. The minimum Gasteiger partial charge on any atom is -0.478 e. The van der Waals surface area contributed by atoms with Gasteiger partial charge < -0.3 is 18.6 Å². The number of alkyl halides is 3. The summed E-state index contributed by atoms with van der Waals surface area (Å²) in [4.78, 5) is 19.5. The van der Waals surface area contributed by atoms with E-state index in [2.05, 4.69) is 9.97 Å². The van der Waals surface area contributed by atoms with Crippen molar-refractivity contribution >= 4 is 28.7 Å². The minimum atomic E-state index is -4.54. The molecule has 0 saturated heterocycles. The van der Waals surface area contributed by atoms with Crippen LogP contribution in [-0.4, -0.2) is 35.3 Å². The van der Waals surface area contributed by atoms with E-state index in [1.165, 1.54) is 24.4 Å². The first-order chi connectivity index (χ1) is 13.2. The highest BCUT2D eigenvalue weighted by atomic mass is 35.5. The number of benzene rings is 1. The summed E-state index contributed by atoms with van der Waals surface area (Å²) in [5.41, 5.74) is 0.584. The van der Waals surface area contributed by atoms with Gasteiger partial charge in [-0.2, -0.15) is 13.2 Å². The van der Waals surface area contributed by atoms with Crippen LogP contribution in [0.15, 0.2) is 34.9 Å². The molecule has 0 bridgehead atoms. The van der Waals surface area contributed by atoms with Crippen molar-refractivity contribution in [2.24, 2.45) is 0 Å². The summed E-state index contributed by atoms with van der Waals surface area (Å²) in [6, 6.07) is 5.53. The van der Waals surface area contributed by atoms with Crippen LogP contribution in [0.2, 0.25) is 5.02 Å². The van der Waals surface area contributed by atoms with Gasteiger partial charge in [0.2, 0.25) is 0 Å². The Morgan fingerprint density at radius 1 is 1.29 bits per heavy atom. The lowest BCUT2D eigenvalue weighted by Crippen LogP contribution is -2.19. The summed E-state index contributed by atoms with van der Waals surface area (Å²) in [6.07, 6.45) is -3.34. The van der Waals surface area contributed by atoms with Crippen LogP contribution in [0, 0.1) is 0 Å². The largest absolute Gasteiger partial charge is 0.478 e. The molecule has 2 heterocycles. The number of carbonyl (C=O) groups excluding carboxylic acids is 1. The quantitative estimate of drug-likeness (QED) is 0.534. The first-order valence-electron chi connectivity index (χ1n) is 7.86. The van der Waals surface area contributed by atoms with Crippen molar-refractivity contribution in [1.82, 2.24) is 9.97 Å². The smallest absolute Gasteiger partial charge is 0.422 e. The van der Waals surface area contributed by atoms with Crippen LogP contribution in [-0.2, 0) is 4.74 Å². The van der Waals surface area contributed by atoms with Crippen LogP contribution >= 0.6 is 11.6 Å². The van der Waals surface area contributed by atoms with Gasteiger partial charge in [-0.3, -0.25) is 0 Å². The van der Waals surface area contributed by atoms with E-state index in [4.69, 9.17) is 30.2 Å². The molecule has 3 rings (SSSR count). The van der Waals surface area contributed by atoms with E-state index in [-0.39, 0.29) is 40.5 Å². The first kappa shape index (κ1) is 19.7. The number of nitrogens with zero attached hydrogens (tertiary/aromatic N) is 2. The van der Waals surface area contributed by atoms with Crippen LogP contribution < -0.4 is 9.47 Å². The molecule has 3 aromatic rings. The number of halogens is 4. The van der Waals surface area contributed by atoms with Crippen LogP contribution in [0.25, 0.3) is 11.1 Å². The summed E-state index contributed by atoms with van der Waals surface area (Å²) in [6.45, 7) is 0.272. The normalized spacial score (nSPS) is 11.5. The molecule has 0 fully saturated rings. The Bertz CT molecular complexity index is 1010. The Hall–Kier alpha value is -3.01. The fourth-order valence-electron chi connectivity index (χ4n) is 2.11. The third kappa shape index (κ3) is 4.83. The van der Waals surface area contributed by atoms with Gasteiger partial charge in [0.15, 0.2) is 17.9 Å². The second-order valence-electron chi connectivity index (χ2n) is 5.33. The van der Waals surface area contributed by atoms with Crippen LogP contribution in [0.4, 0.5) is 13.2 Å². The van der Waals surface area contributed by atoms with Crippen molar-refractivity contribution in [3.63, 3.8) is 0 Å². The number of rotatable bonds is 6. The monoisotopic (exact) mass is 416 g/mol. The molecule has 0 spiro atoms. The number of pyridine rings is 1. The fraction of sp³-hybridized carbons (Fsp3) is 0.235. The fourth-order valence-corrected chi connectivity index (χ4v) is 2.26. The van der Waals surface area contributed by atoms with Gasteiger partial charge in [0.25, 0.3) is 5.88 Å². The van der Waals surface area contributed by atoms with Crippen molar-refractivity contribution in [1.29, 1.82) is 0 Å². The third-order valence-corrected chi connectivity index (χ3v) is 3.41. The van der Waals surface area contributed by atoms with Gasteiger partial charge in [0, 0.05) is 18.3 Å². The molecular weight excluding hydrogens is 405 g/mol. The number of fused-ring (bicyclic) bond motifs is 1. The number of oxazole rings is 1. The molecule has 7 nitrogen and oxygen atoms in total. The molecule has 28 heavy (non-hydrogen) atoms. The van der Waals surface area contributed by atoms with E-state index in [1.54, 1.807) is 6.92 Å². The Labute approximate surface area is 161 Å². The number of hydrogen-bond donors (Lipinski definition) is 0. The SMILES string of the molecule is CCOC(=O)c1nc2ccc(Oc3ncc(Cl)cc3OCC(F)(F)F)cc2o1. The predicted octanol–water partition coefficient (Wildman–Crippen LogP) is 4.79. The number of esters is 1. The zero-order valence-corrected chi connectivity index (χ0v) is 15.0. The summed E-state index contributed by atoms with van der Waals surface area (Å²) >= 11 is 5.76. The van der Waals surface area contributed by atoms with Crippen LogP contribution in [0.5, 0.6) is 17.4 Å². The molecule has 2 aromatic heterocycles. The summed E-state index contributed by atoms with van der Waals surface area (Å²) in [5.74, 6) is -1.28. The molecule has 148 valence electrons. The molecule has 0 unspecified atom stereocenters. The van der Waals surface area contributed by atoms with Crippen molar-refractivity contribution < 1.29 is 36.6 Å². The van der Waals surface area contributed by atoms with Crippen molar-refractivity contribution in [2.45, 2.75) is 13.1 Å². The number of hydrogen-bond acceptors (Lipinski definition) is 7. The Morgan fingerprint density at radius 3 is 2.79 bits per heavy atom. The molecule has 0 saturated carbocycles. The maximum absolute atomic E-state index is 12.4. The van der Waals surface area contributed by atoms with Gasteiger partial charge in [-0.05, 0) is 19.1 Å². The zero-order chi connectivity index (χ0) is 20.3. The highest BCUT2D eigenvalue weighted by molar-refractivity contribution is 6.30. The minimum absolute atomic E-state index is 0.0780. The van der Waals surface area contributed by atoms with Gasteiger partial charge in [-0.15, -0.1) is 0 Å². The molecule has 0 aliphatic rings. The maximum atomic E-state index is 12.4. The first-order valence-corrected chi connectivity index (χ1v) is 8.23. The lowest BCUT2D eigenvalue weighted by Gasteiger charge is -2.13. The van der Waals surface area contributed by atoms with Gasteiger partial charge in [-0.1, -0.05) is 11.6 Å². The summed E-state index contributed by atoms with van der Waals surface area (Å²) in [5, 5.41) is 0.0780. The average Bonchev–Trinajstić information content (AvgIpc) is 3.05. The van der Waals surface area contributed by atoms with Crippen molar-refractivity contribution in [3.05, 3.63) is 41.4 Å². The highest BCUT2D eigenvalue weighted by Gasteiger charge is 2.29. The van der Waals surface area contributed by atoms with E-state index in [0.29, 0.717) is 5.52 Å². The average molecular weight is 417 g/mol. The van der Waals surface area contributed by atoms with Crippen LogP contribution in [0.3, 0.4) is 0 Å². The summed E-state index contributed by atoms with van der Waals surface area (Å²) < 4.78 is 57.6. The molecule has 0 N–H and O–H groups in total. The standard InChI is InChI=1S/C17H12ClF3N2O5/c1-2-25-16(24)15-23-11-4-3-10(6-12(11)28-15)27-14-13(5-9(18)7-22-14)26-8-17(19,20)21/h3-7H,2,8H2,1H3. The molecule has 0 radical (unpaired) electrons. The number of aromatic nitrogens is 2. The molecule has 1 aromatic carbocycles. The Kier molecular flexibility index (Phi) is 5.59. The third-order valence-electron chi connectivity index (χ3n) is 3.20. The van der Waals surface area contributed by atoms with E-state index >= 15 is 0 Å². The zero-order valence-electron chi connectivity index (χ0n) is 14.2. The molecule has 11 heteroatoms. The molecule has 0 amide bonds. The second kappa shape index (κ2) is 7.93. The highest BCUT2D eigenvalue weighted by Crippen LogP contribution is 2.34. The predicted molar refractivity (Wildman–Crippen MR) is 90.8 cm³/mol. The van der Waals surface area contributed by atoms with Gasteiger partial charge in [-0.25, -0.2) is 14.8 Å². The lowest BCUT2D eigenvalue weighted by atomic mass is 10.3. The van der Waals surface area contributed by atoms with E-state index < -0.39 is 18.8 Å². The summed E-state index contributed by atoms with van der Waals surface area (Å²) in [7, 11) is 0. The Balaban J connectivity index is 1.85. The Morgan fingerprint density at radius 2 is 2.07 bits per heavy atom. The number of ether oxygens (including phenoxy) is 3. The maximum Gasteiger partial charge on any atom is 0.422 e. The molecule has 0 aliphatic carbocycles. The van der Waals surface area contributed by atoms with Gasteiger partial charge in [0.1, 0.15) is 11.3 Å². The van der Waals surface area contributed by atoms with Crippen LogP contribution in [0.1, 0.15) is 17.6 Å². The lowest BCUT2D eigenvalue weighted by molar-refractivity contribution is -0.153. The molecule has 0 aliphatic heterocycles. The molecular formula is C17H12ClF3N2O5. The van der Waals surface area contributed by atoms with Crippen molar-refractivity contribution in [2.75, 3.05) is 13.2 Å². The van der Waals surface area contributed by atoms with E-state index in [1.807, 2.05) is 0 Å². The second-order valence-corrected chi connectivity index (χ2v) is 5.77. The van der Waals surface area contributed by atoms with E-state index in [9.17, 15) is 18.0 Å². The van der Waals surface area contributed by atoms with Gasteiger partial charge in [0.05, 0.1) is 11.6 Å². The molecule has 0 atom stereocenters. The van der Waals surface area contributed by atoms with E-state index in [0.717, 1.165) is 6.07 Å².